The van der Waals surface area contributed by atoms with Crippen molar-refractivity contribution in [3.63, 3.8) is 0 Å². The minimum atomic E-state index is -3.57. The Labute approximate surface area is 199 Å². The number of hydrogen-bond donors (Lipinski definition) is 0. The van der Waals surface area contributed by atoms with Crippen LogP contribution in [0, 0.1) is 13.8 Å². The van der Waals surface area contributed by atoms with E-state index in [0.717, 1.165) is 35.6 Å². The first kappa shape index (κ1) is 22.6. The molecule has 0 atom stereocenters. The van der Waals surface area contributed by atoms with Crippen molar-refractivity contribution in [2.75, 3.05) is 13.1 Å². The second kappa shape index (κ2) is 7.40. The molecule has 0 spiro atoms. The molecule has 2 aliphatic rings. The molecule has 0 saturated carbocycles. The van der Waals surface area contributed by atoms with E-state index in [1.54, 1.807) is 10.4 Å². The van der Waals surface area contributed by atoms with Crippen LogP contribution in [0.5, 0.6) is 5.75 Å². The van der Waals surface area contributed by atoms with Gasteiger partial charge in [-0.05, 0) is 78.8 Å². The summed E-state index contributed by atoms with van der Waals surface area (Å²) >= 11 is 0. The number of sulfonamides is 1. The van der Waals surface area contributed by atoms with Crippen molar-refractivity contribution in [1.29, 1.82) is 0 Å². The third-order valence-corrected chi connectivity index (χ3v) is 9.75. The maximum Gasteiger partial charge on any atom is 0.243 e. The van der Waals surface area contributed by atoms with Gasteiger partial charge in [0.15, 0.2) is 5.65 Å². The zero-order valence-electron chi connectivity index (χ0n) is 20.2. The van der Waals surface area contributed by atoms with Crippen LogP contribution in [0.25, 0.3) is 5.65 Å². The highest BCUT2D eigenvalue weighted by Crippen LogP contribution is 2.44. The Morgan fingerprint density at radius 1 is 1.09 bits per heavy atom. The Morgan fingerprint density at radius 3 is 2.48 bits per heavy atom. The molecule has 5 rings (SSSR count). The number of pyridine rings is 1. The topological polar surface area (TPSA) is 76.8 Å². The van der Waals surface area contributed by atoms with E-state index in [1.165, 1.54) is 11.1 Å². The number of aryl methyl sites for hydroxylation is 2. The van der Waals surface area contributed by atoms with Gasteiger partial charge in [0.1, 0.15) is 43.0 Å². The summed E-state index contributed by atoms with van der Waals surface area (Å²) in [6.45, 7) is 4.99. The monoisotopic (exact) mass is 460 g/mol. The summed E-state index contributed by atoms with van der Waals surface area (Å²) in [4.78, 5) is 4.79. The quantitative estimate of drug-likeness (QED) is 0.453. The second-order valence-corrected chi connectivity index (χ2v) is 12.4. The molecule has 4 heterocycles. The molecule has 2 aromatic heterocycles. The van der Waals surface area contributed by atoms with Crippen LogP contribution in [0.1, 0.15) is 41.3 Å². The van der Waals surface area contributed by atoms with Crippen LogP contribution in [0.3, 0.4) is 0 Å². The van der Waals surface area contributed by atoms with Gasteiger partial charge < -0.3 is 4.74 Å². The zero-order chi connectivity index (χ0) is 23.8. The smallest absolute Gasteiger partial charge is 0.243 e. The van der Waals surface area contributed by atoms with Crippen LogP contribution in [0.4, 0.5) is 0 Å². The largest absolute Gasteiger partial charge is 0.506 e. The second-order valence-electron chi connectivity index (χ2n) is 10.4. The van der Waals surface area contributed by atoms with Gasteiger partial charge in [-0.3, -0.25) is 0 Å². The van der Waals surface area contributed by atoms with Crippen LogP contribution in [-0.4, -0.2) is 77.2 Å². The standard InChI is InChI=1S/C21H28B4N4O3S/c1-12-9-19-26-13(2)27-29(19)11-16(12)14-5-7-28(8-6-14)33(30,31)15-3-4-18-17(10-15)20(22,23)21(24,25)32-18/h3-4,9-11,14H,5-8,22-25H2,1-2H3. The molecule has 1 fully saturated rings. The van der Waals surface area contributed by atoms with Crippen LogP contribution < -0.4 is 4.74 Å². The molecule has 0 radical (unpaired) electrons. The Kier molecular flexibility index (Phi) is 5.07. The van der Waals surface area contributed by atoms with E-state index in [4.69, 9.17) is 4.74 Å². The Morgan fingerprint density at radius 2 is 1.79 bits per heavy atom. The lowest BCUT2D eigenvalue weighted by molar-refractivity contribution is 0.258. The molecule has 7 nitrogen and oxygen atoms in total. The summed E-state index contributed by atoms with van der Waals surface area (Å²) in [6.07, 6.45) is 3.63. The third-order valence-electron chi connectivity index (χ3n) is 7.85. The first-order valence-corrected chi connectivity index (χ1v) is 13.0. The van der Waals surface area contributed by atoms with E-state index in [1.807, 2.05) is 39.3 Å². The summed E-state index contributed by atoms with van der Waals surface area (Å²) in [5.41, 5.74) is 4.21. The maximum absolute atomic E-state index is 13.5. The number of rotatable bonds is 3. The molecule has 0 N–H and O–H groups in total. The normalized spacial score (nSPS) is 20.5. The van der Waals surface area contributed by atoms with Crippen LogP contribution in [0.15, 0.2) is 35.4 Å². The fraction of sp³-hybridized carbons (Fsp3) is 0.429. The van der Waals surface area contributed by atoms with Gasteiger partial charge in [-0.15, -0.1) is 0 Å². The molecule has 0 amide bonds. The van der Waals surface area contributed by atoms with Crippen molar-refractivity contribution >= 4 is 47.1 Å². The van der Waals surface area contributed by atoms with Gasteiger partial charge >= 0.3 is 0 Å². The van der Waals surface area contributed by atoms with Gasteiger partial charge in [0.25, 0.3) is 0 Å². The summed E-state index contributed by atoms with van der Waals surface area (Å²) in [7, 11) is 4.74. The molecule has 0 bridgehead atoms. The highest BCUT2D eigenvalue weighted by Gasteiger charge is 2.47. The summed E-state index contributed by atoms with van der Waals surface area (Å²) in [6, 6.07) is 7.37. The van der Waals surface area contributed by atoms with Crippen LogP contribution >= 0.6 is 0 Å². The fourth-order valence-corrected chi connectivity index (χ4v) is 6.60. The third kappa shape index (κ3) is 3.53. The van der Waals surface area contributed by atoms with Gasteiger partial charge in [0, 0.05) is 24.7 Å². The molecule has 33 heavy (non-hydrogen) atoms. The lowest BCUT2D eigenvalue weighted by Crippen LogP contribution is -2.53. The van der Waals surface area contributed by atoms with Gasteiger partial charge in [-0.2, -0.15) is 9.40 Å². The molecule has 1 aromatic carbocycles. The van der Waals surface area contributed by atoms with E-state index in [9.17, 15) is 8.42 Å². The predicted molar refractivity (Wildman–Crippen MR) is 139 cm³/mol. The van der Waals surface area contributed by atoms with Gasteiger partial charge in [0.05, 0.1) is 4.90 Å². The van der Waals surface area contributed by atoms with Crippen molar-refractivity contribution in [1.82, 2.24) is 18.9 Å². The first-order valence-electron chi connectivity index (χ1n) is 11.6. The first-order chi connectivity index (χ1) is 15.4. The summed E-state index contributed by atoms with van der Waals surface area (Å²) in [5.74, 6) is 1.83. The zero-order valence-corrected chi connectivity index (χ0v) is 21.0. The van der Waals surface area contributed by atoms with E-state index in [-0.39, 0.29) is 5.21 Å². The molecular weight excluding hydrogens is 432 g/mol. The number of fused-ring (bicyclic) bond motifs is 2. The molecule has 0 unspecified atom stereocenters. The van der Waals surface area contributed by atoms with E-state index in [0.29, 0.717) is 23.9 Å². The Hall–Kier alpha value is -2.19. The Balaban J connectivity index is 1.37. The van der Waals surface area contributed by atoms with Crippen LogP contribution in [0.2, 0.25) is 0 Å². The summed E-state index contributed by atoms with van der Waals surface area (Å²) < 4.78 is 36.6. The number of piperidine rings is 1. The average Bonchev–Trinajstić information content (AvgIpc) is 3.19. The number of ether oxygens (including phenoxy) is 1. The lowest BCUT2D eigenvalue weighted by atomic mass is 9.34. The summed E-state index contributed by atoms with van der Waals surface area (Å²) in [5, 5.41) is 3.77. The number of benzene rings is 1. The van der Waals surface area contributed by atoms with Crippen molar-refractivity contribution in [2.24, 2.45) is 0 Å². The number of aromatic nitrogens is 3. The number of hydrogen-bond acceptors (Lipinski definition) is 5. The minimum Gasteiger partial charge on any atom is -0.506 e. The average molecular weight is 460 g/mol. The molecule has 12 heteroatoms. The molecule has 168 valence electrons. The molecule has 1 saturated heterocycles. The van der Waals surface area contributed by atoms with Crippen molar-refractivity contribution in [3.05, 3.63) is 53.0 Å². The van der Waals surface area contributed by atoms with E-state index >= 15 is 0 Å². The van der Waals surface area contributed by atoms with E-state index < -0.39 is 15.4 Å². The maximum atomic E-state index is 13.5. The van der Waals surface area contributed by atoms with Crippen molar-refractivity contribution in [2.45, 2.75) is 48.1 Å². The molecule has 0 aliphatic carbocycles. The fourth-order valence-electron chi connectivity index (χ4n) is 5.11. The highest BCUT2D eigenvalue weighted by atomic mass is 32.2. The van der Waals surface area contributed by atoms with Gasteiger partial charge in [-0.25, -0.2) is 17.9 Å². The van der Waals surface area contributed by atoms with Gasteiger partial charge in [-0.1, -0.05) is 0 Å². The minimum absolute atomic E-state index is 0.281. The van der Waals surface area contributed by atoms with Crippen molar-refractivity contribution in [3.8, 4) is 5.75 Å². The molecular formula is C21H28B4N4O3S. The SMILES string of the molecule is BC1(B)Oc2ccc(S(=O)(=O)N3CCC(c4cn5nc(C)nc5cc4C)CC3)cc2C1(B)B. The molecule has 3 aromatic rings. The van der Waals surface area contributed by atoms with Crippen LogP contribution in [-0.2, 0) is 15.2 Å². The highest BCUT2D eigenvalue weighted by molar-refractivity contribution is 7.89. The lowest BCUT2D eigenvalue weighted by Gasteiger charge is -2.34. The van der Waals surface area contributed by atoms with Crippen molar-refractivity contribution < 1.29 is 13.2 Å². The van der Waals surface area contributed by atoms with Gasteiger partial charge in [0.2, 0.25) is 10.0 Å². The number of nitrogens with zero attached hydrogens (tertiary/aromatic N) is 4. The Bertz CT molecular complexity index is 1370. The van der Waals surface area contributed by atoms with E-state index in [2.05, 4.69) is 45.0 Å². The molecule has 2 aliphatic heterocycles. The predicted octanol–water partition coefficient (Wildman–Crippen LogP) is -1.35.